The zero-order valence-corrected chi connectivity index (χ0v) is 18.5. The van der Waals surface area contributed by atoms with Gasteiger partial charge in [-0.3, -0.25) is 9.47 Å². The number of nitrogens with zero attached hydrogens (tertiary/aromatic N) is 4. The van der Waals surface area contributed by atoms with E-state index >= 15 is 0 Å². The number of hydrogen-bond acceptors (Lipinski definition) is 7. The van der Waals surface area contributed by atoms with Crippen LogP contribution in [-0.2, 0) is 10.5 Å². The molecule has 0 fully saturated rings. The number of ether oxygens (including phenoxy) is 1. The average molecular weight is 468 g/mol. The Morgan fingerprint density at radius 2 is 1.75 bits per heavy atom. The number of anilines is 2. The molecule has 0 spiro atoms. The van der Waals surface area contributed by atoms with Crippen molar-refractivity contribution in [1.82, 2.24) is 19.5 Å². The van der Waals surface area contributed by atoms with Crippen molar-refractivity contribution in [2.24, 2.45) is 0 Å². The van der Waals surface area contributed by atoms with Crippen molar-refractivity contribution >= 4 is 40.8 Å². The van der Waals surface area contributed by atoms with Crippen LogP contribution in [0.1, 0.15) is 15.9 Å². The highest BCUT2D eigenvalue weighted by Crippen LogP contribution is 2.22. The number of rotatable bonds is 7. The summed E-state index contributed by atoms with van der Waals surface area (Å²) in [6.07, 6.45) is 3.51. The van der Waals surface area contributed by atoms with Crippen molar-refractivity contribution in [2.75, 3.05) is 12.4 Å². The Morgan fingerprint density at radius 1 is 1.06 bits per heavy atom. The van der Waals surface area contributed by atoms with E-state index in [1.54, 1.807) is 41.3 Å². The summed E-state index contributed by atoms with van der Waals surface area (Å²) in [5, 5.41) is 12.5. The van der Waals surface area contributed by atoms with Gasteiger partial charge in [0.2, 0.25) is 11.0 Å². The molecule has 2 aromatic heterocycles. The average Bonchev–Trinajstić information content (AvgIpc) is 3.34. The highest BCUT2D eigenvalue weighted by Gasteiger charge is 2.15. The van der Waals surface area contributed by atoms with Gasteiger partial charge in [0.1, 0.15) is 0 Å². The third-order valence-electron chi connectivity index (χ3n) is 4.48. The van der Waals surface area contributed by atoms with Crippen molar-refractivity contribution in [3.63, 3.8) is 0 Å². The number of thioether (sulfide) groups is 1. The smallest absolute Gasteiger partial charge is 0.337 e. The number of esters is 1. The van der Waals surface area contributed by atoms with E-state index in [2.05, 4.69) is 15.5 Å². The molecule has 0 aliphatic heterocycles. The summed E-state index contributed by atoms with van der Waals surface area (Å²) in [5.74, 6) is 0.211. The van der Waals surface area contributed by atoms with Crippen LogP contribution < -0.4 is 10.9 Å². The molecule has 0 saturated heterocycles. The molecule has 0 aliphatic carbocycles. The van der Waals surface area contributed by atoms with E-state index in [1.807, 2.05) is 36.4 Å². The second-order valence-corrected chi connectivity index (χ2v) is 8.00. The fourth-order valence-electron chi connectivity index (χ4n) is 2.87. The molecule has 0 amide bonds. The van der Waals surface area contributed by atoms with Gasteiger partial charge in [-0.2, -0.15) is 4.68 Å². The van der Waals surface area contributed by atoms with Gasteiger partial charge in [-0.1, -0.05) is 35.5 Å². The largest absolute Gasteiger partial charge is 0.465 e. The molecule has 2 heterocycles. The molecule has 32 heavy (non-hydrogen) atoms. The van der Waals surface area contributed by atoms with Gasteiger partial charge in [0.25, 0.3) is 0 Å². The van der Waals surface area contributed by atoms with E-state index in [1.165, 1.54) is 23.5 Å². The Kier molecular flexibility index (Phi) is 6.58. The Balaban J connectivity index is 1.62. The standard InChI is InChI=1S/C22H18ClN5O3S/c1-31-21(30)16-6-10-18(11-7-16)24-19-20(29)28(27-12-2-3-13-27)22(26-25-19)32-14-15-4-8-17(23)9-5-15/h2-13H,14H2,1H3,(H,24,25). The van der Waals surface area contributed by atoms with Crippen LogP contribution in [-0.4, -0.2) is 32.6 Å². The van der Waals surface area contributed by atoms with Gasteiger partial charge in [-0.15, -0.1) is 10.2 Å². The normalized spacial score (nSPS) is 10.7. The van der Waals surface area contributed by atoms with E-state index in [0.717, 1.165) is 5.56 Å². The molecule has 1 N–H and O–H groups in total. The predicted octanol–water partition coefficient (Wildman–Crippen LogP) is 4.23. The zero-order chi connectivity index (χ0) is 22.5. The molecule has 162 valence electrons. The van der Waals surface area contributed by atoms with Crippen molar-refractivity contribution < 1.29 is 9.53 Å². The van der Waals surface area contributed by atoms with Crippen molar-refractivity contribution in [2.45, 2.75) is 10.9 Å². The topological polar surface area (TPSA) is 91.0 Å². The van der Waals surface area contributed by atoms with Crippen LogP contribution >= 0.6 is 23.4 Å². The maximum absolute atomic E-state index is 13.2. The molecule has 8 nitrogen and oxygen atoms in total. The number of hydrogen-bond donors (Lipinski definition) is 1. The second-order valence-electron chi connectivity index (χ2n) is 6.62. The Hall–Kier alpha value is -3.56. The molecule has 0 aliphatic rings. The molecule has 0 unspecified atom stereocenters. The molecule has 4 rings (SSSR count). The summed E-state index contributed by atoms with van der Waals surface area (Å²) in [6, 6.07) is 17.7. The fourth-order valence-corrected chi connectivity index (χ4v) is 3.88. The van der Waals surface area contributed by atoms with Gasteiger partial charge < -0.3 is 10.1 Å². The summed E-state index contributed by atoms with van der Waals surface area (Å²) >= 11 is 7.34. The van der Waals surface area contributed by atoms with E-state index in [-0.39, 0.29) is 11.4 Å². The highest BCUT2D eigenvalue weighted by molar-refractivity contribution is 7.98. The third kappa shape index (κ3) is 4.84. The Labute approximate surface area is 192 Å². The van der Waals surface area contributed by atoms with Crippen LogP contribution in [0, 0.1) is 0 Å². The van der Waals surface area contributed by atoms with Crippen molar-refractivity contribution in [3.05, 3.63) is 99.6 Å². The summed E-state index contributed by atoms with van der Waals surface area (Å²) < 4.78 is 7.79. The Morgan fingerprint density at radius 3 is 2.41 bits per heavy atom. The van der Waals surface area contributed by atoms with Crippen LogP contribution in [0.25, 0.3) is 0 Å². The van der Waals surface area contributed by atoms with Crippen LogP contribution in [0.2, 0.25) is 5.02 Å². The van der Waals surface area contributed by atoms with E-state index in [4.69, 9.17) is 16.3 Å². The quantitative estimate of drug-likeness (QED) is 0.321. The lowest BCUT2D eigenvalue weighted by molar-refractivity contribution is 0.0601. The van der Waals surface area contributed by atoms with Crippen molar-refractivity contribution in [1.29, 1.82) is 0 Å². The number of carbonyl (C=O) groups is 1. The summed E-state index contributed by atoms with van der Waals surface area (Å²) in [4.78, 5) is 24.8. The first kappa shape index (κ1) is 21.7. The molecular formula is C22H18ClN5O3S. The second kappa shape index (κ2) is 9.71. The number of aromatic nitrogens is 4. The summed E-state index contributed by atoms with van der Waals surface area (Å²) in [7, 11) is 1.32. The number of benzene rings is 2. The molecule has 0 saturated carbocycles. The molecule has 0 radical (unpaired) electrons. The summed E-state index contributed by atoms with van der Waals surface area (Å²) in [6.45, 7) is 0. The molecule has 0 atom stereocenters. The van der Waals surface area contributed by atoms with Gasteiger partial charge in [0, 0.05) is 28.9 Å². The van der Waals surface area contributed by atoms with E-state index < -0.39 is 5.97 Å². The lowest BCUT2D eigenvalue weighted by atomic mass is 10.2. The van der Waals surface area contributed by atoms with Crippen LogP contribution in [0.3, 0.4) is 0 Å². The molecular weight excluding hydrogens is 450 g/mol. The molecule has 10 heteroatoms. The first-order valence-corrected chi connectivity index (χ1v) is 10.9. The monoisotopic (exact) mass is 467 g/mol. The minimum Gasteiger partial charge on any atom is -0.465 e. The summed E-state index contributed by atoms with van der Waals surface area (Å²) in [5.41, 5.74) is 1.67. The van der Waals surface area contributed by atoms with Crippen molar-refractivity contribution in [3.8, 4) is 0 Å². The highest BCUT2D eigenvalue weighted by atomic mass is 35.5. The predicted molar refractivity (Wildman–Crippen MR) is 124 cm³/mol. The lowest BCUT2D eigenvalue weighted by Crippen LogP contribution is -2.30. The van der Waals surface area contributed by atoms with Gasteiger partial charge in [0.05, 0.1) is 12.7 Å². The number of carbonyl (C=O) groups excluding carboxylic acids is 1. The first-order valence-electron chi connectivity index (χ1n) is 9.51. The minimum absolute atomic E-state index is 0.0559. The number of nitrogens with one attached hydrogen (secondary N) is 1. The molecule has 4 aromatic rings. The zero-order valence-electron chi connectivity index (χ0n) is 16.9. The van der Waals surface area contributed by atoms with E-state index in [9.17, 15) is 9.59 Å². The fraction of sp³-hybridized carbons (Fsp3) is 0.0909. The maximum Gasteiger partial charge on any atom is 0.337 e. The van der Waals surface area contributed by atoms with Crippen LogP contribution in [0.4, 0.5) is 11.5 Å². The third-order valence-corrected chi connectivity index (χ3v) is 5.72. The lowest BCUT2D eigenvalue weighted by Gasteiger charge is -2.14. The van der Waals surface area contributed by atoms with Crippen LogP contribution in [0.5, 0.6) is 0 Å². The van der Waals surface area contributed by atoms with Gasteiger partial charge >= 0.3 is 11.5 Å². The van der Waals surface area contributed by atoms with Crippen LogP contribution in [0.15, 0.2) is 83.0 Å². The number of methoxy groups -OCH3 is 1. The molecule has 2 aromatic carbocycles. The Bertz CT molecular complexity index is 1270. The maximum atomic E-state index is 13.2. The van der Waals surface area contributed by atoms with Gasteiger partial charge in [-0.05, 0) is 54.1 Å². The molecule has 0 bridgehead atoms. The van der Waals surface area contributed by atoms with Gasteiger partial charge in [-0.25, -0.2) is 4.79 Å². The first-order chi connectivity index (χ1) is 15.5. The SMILES string of the molecule is COC(=O)c1ccc(Nc2nnc(SCc3ccc(Cl)cc3)n(-n3cccc3)c2=O)cc1. The minimum atomic E-state index is -0.437. The van der Waals surface area contributed by atoms with E-state index in [0.29, 0.717) is 27.2 Å². The number of halogens is 1. The van der Waals surface area contributed by atoms with Gasteiger partial charge in [0.15, 0.2) is 0 Å².